The lowest BCUT2D eigenvalue weighted by Crippen LogP contribution is -2.29. The molecule has 68 valence electrons. The van der Waals surface area contributed by atoms with Crippen LogP contribution in [0.15, 0.2) is 0 Å². The fraction of sp³-hybridized carbons (Fsp3) is 1.00. The Labute approximate surface area is 73.0 Å². The van der Waals surface area contributed by atoms with Crippen LogP contribution in [0.4, 0.5) is 0 Å². The predicted octanol–water partition coefficient (Wildman–Crippen LogP) is 1.12. The largest absolute Gasteiger partial charge is 0.396 e. The molecule has 0 radical (unpaired) electrons. The van der Waals surface area contributed by atoms with E-state index in [1.54, 1.807) is 11.8 Å². The van der Waals surface area contributed by atoms with Crippen molar-refractivity contribution in [2.24, 2.45) is 5.41 Å². The van der Waals surface area contributed by atoms with Crippen molar-refractivity contribution in [1.29, 1.82) is 0 Å². The standard InChI is InChI=1S/C8H18O2S/c1-3-8(6-9,7-10)4-5-11-2/h9-10H,3-7H2,1-2H3. The van der Waals surface area contributed by atoms with Crippen molar-refractivity contribution < 1.29 is 10.2 Å². The Bertz CT molecular complexity index is 83.8. The highest BCUT2D eigenvalue weighted by molar-refractivity contribution is 7.98. The summed E-state index contributed by atoms with van der Waals surface area (Å²) in [4.78, 5) is 0. The van der Waals surface area contributed by atoms with Crippen LogP contribution < -0.4 is 0 Å². The average Bonchev–Trinajstić information content (AvgIpc) is 2.08. The maximum absolute atomic E-state index is 9.03. The molecule has 0 amide bonds. The summed E-state index contributed by atoms with van der Waals surface area (Å²) < 4.78 is 0. The molecular formula is C8H18O2S. The molecule has 0 aliphatic carbocycles. The van der Waals surface area contributed by atoms with Gasteiger partial charge in [-0.25, -0.2) is 0 Å². The molecule has 0 rings (SSSR count). The fourth-order valence-electron chi connectivity index (χ4n) is 0.927. The summed E-state index contributed by atoms with van der Waals surface area (Å²) in [6.45, 7) is 2.20. The van der Waals surface area contributed by atoms with Gasteiger partial charge >= 0.3 is 0 Å². The Hall–Kier alpha value is 0.270. The van der Waals surface area contributed by atoms with Gasteiger partial charge in [0.1, 0.15) is 0 Å². The number of hydrogen-bond acceptors (Lipinski definition) is 3. The molecule has 0 aromatic carbocycles. The van der Waals surface area contributed by atoms with Crippen molar-refractivity contribution >= 4 is 11.8 Å². The fourth-order valence-corrected chi connectivity index (χ4v) is 1.56. The first-order valence-electron chi connectivity index (χ1n) is 3.95. The molecule has 0 heterocycles. The van der Waals surface area contributed by atoms with E-state index in [0.717, 1.165) is 18.6 Å². The minimum Gasteiger partial charge on any atom is -0.396 e. The van der Waals surface area contributed by atoms with Crippen LogP contribution in [0.2, 0.25) is 0 Å². The Balaban J connectivity index is 3.84. The highest BCUT2D eigenvalue weighted by Crippen LogP contribution is 2.26. The predicted molar refractivity (Wildman–Crippen MR) is 49.9 cm³/mol. The minimum atomic E-state index is -0.233. The number of hydrogen-bond donors (Lipinski definition) is 2. The summed E-state index contributed by atoms with van der Waals surface area (Å²) in [5.74, 6) is 1.01. The van der Waals surface area contributed by atoms with Gasteiger partial charge in [0.25, 0.3) is 0 Å². The second-order valence-corrected chi connectivity index (χ2v) is 3.90. The molecule has 0 unspecified atom stereocenters. The number of aliphatic hydroxyl groups excluding tert-OH is 2. The molecule has 2 nitrogen and oxygen atoms in total. The summed E-state index contributed by atoms with van der Waals surface area (Å²) in [7, 11) is 0. The Kier molecular flexibility index (Phi) is 6.01. The Morgan fingerprint density at radius 1 is 1.27 bits per heavy atom. The molecule has 11 heavy (non-hydrogen) atoms. The van der Waals surface area contributed by atoms with Gasteiger partial charge < -0.3 is 10.2 Å². The zero-order valence-electron chi connectivity index (χ0n) is 7.34. The van der Waals surface area contributed by atoms with E-state index >= 15 is 0 Å². The van der Waals surface area contributed by atoms with Gasteiger partial charge in [0.05, 0.1) is 13.2 Å². The van der Waals surface area contributed by atoms with Crippen LogP contribution >= 0.6 is 11.8 Å². The number of thioether (sulfide) groups is 1. The first kappa shape index (κ1) is 11.3. The van der Waals surface area contributed by atoms with Crippen LogP contribution in [0.5, 0.6) is 0 Å². The quantitative estimate of drug-likeness (QED) is 0.640. The molecule has 0 fully saturated rings. The van der Waals surface area contributed by atoms with Crippen LogP contribution in [0.1, 0.15) is 19.8 Å². The summed E-state index contributed by atoms with van der Waals surface area (Å²) in [6.07, 6.45) is 3.79. The summed E-state index contributed by atoms with van der Waals surface area (Å²) in [5, 5.41) is 18.1. The maximum Gasteiger partial charge on any atom is 0.0509 e. The van der Waals surface area contributed by atoms with Crippen molar-refractivity contribution in [3.05, 3.63) is 0 Å². The zero-order chi connectivity index (χ0) is 8.74. The summed E-state index contributed by atoms with van der Waals surface area (Å²) in [6, 6.07) is 0. The second-order valence-electron chi connectivity index (χ2n) is 2.91. The molecule has 0 saturated carbocycles. The van der Waals surface area contributed by atoms with Gasteiger partial charge in [-0.2, -0.15) is 11.8 Å². The lowest BCUT2D eigenvalue weighted by atomic mass is 9.84. The number of aliphatic hydroxyl groups is 2. The Morgan fingerprint density at radius 2 is 1.82 bits per heavy atom. The molecule has 0 aliphatic heterocycles. The molecular weight excluding hydrogens is 160 g/mol. The third-order valence-corrected chi connectivity index (χ3v) is 2.87. The lowest BCUT2D eigenvalue weighted by Gasteiger charge is -2.27. The van der Waals surface area contributed by atoms with Crippen LogP contribution in [0.3, 0.4) is 0 Å². The average molecular weight is 178 g/mol. The molecule has 0 aromatic rings. The summed E-state index contributed by atoms with van der Waals surface area (Å²) >= 11 is 1.75. The molecule has 0 atom stereocenters. The molecule has 0 bridgehead atoms. The van der Waals surface area contributed by atoms with Gasteiger partial charge in [0.2, 0.25) is 0 Å². The van der Waals surface area contributed by atoms with Gasteiger partial charge in [-0.3, -0.25) is 0 Å². The first-order chi connectivity index (χ1) is 5.24. The lowest BCUT2D eigenvalue weighted by molar-refractivity contribution is 0.0490. The van der Waals surface area contributed by atoms with E-state index in [4.69, 9.17) is 10.2 Å². The smallest absolute Gasteiger partial charge is 0.0509 e. The van der Waals surface area contributed by atoms with E-state index in [-0.39, 0.29) is 18.6 Å². The Morgan fingerprint density at radius 3 is 2.09 bits per heavy atom. The van der Waals surface area contributed by atoms with E-state index in [9.17, 15) is 0 Å². The molecule has 2 N–H and O–H groups in total. The maximum atomic E-state index is 9.03. The SMILES string of the molecule is CCC(CO)(CO)CCSC. The number of rotatable bonds is 6. The molecule has 0 aromatic heterocycles. The summed E-state index contributed by atoms with van der Waals surface area (Å²) in [5.41, 5.74) is -0.233. The highest BCUT2D eigenvalue weighted by Gasteiger charge is 2.25. The van der Waals surface area contributed by atoms with Crippen LogP contribution in [-0.2, 0) is 0 Å². The highest BCUT2D eigenvalue weighted by atomic mass is 32.2. The second kappa shape index (κ2) is 5.86. The van der Waals surface area contributed by atoms with Crippen molar-refractivity contribution in [1.82, 2.24) is 0 Å². The third-order valence-electron chi connectivity index (χ3n) is 2.26. The van der Waals surface area contributed by atoms with E-state index < -0.39 is 0 Å². The topological polar surface area (TPSA) is 40.5 Å². The first-order valence-corrected chi connectivity index (χ1v) is 5.34. The zero-order valence-corrected chi connectivity index (χ0v) is 8.15. The van der Waals surface area contributed by atoms with Crippen molar-refractivity contribution in [3.63, 3.8) is 0 Å². The monoisotopic (exact) mass is 178 g/mol. The van der Waals surface area contributed by atoms with Gasteiger partial charge in [-0.05, 0) is 24.9 Å². The van der Waals surface area contributed by atoms with Gasteiger partial charge in [0, 0.05) is 5.41 Å². The van der Waals surface area contributed by atoms with Crippen molar-refractivity contribution in [2.45, 2.75) is 19.8 Å². The van der Waals surface area contributed by atoms with E-state index in [0.29, 0.717) is 0 Å². The normalized spacial score (nSPS) is 12.0. The van der Waals surface area contributed by atoms with Crippen LogP contribution in [-0.4, -0.2) is 35.4 Å². The third kappa shape index (κ3) is 3.45. The van der Waals surface area contributed by atoms with Gasteiger partial charge in [0.15, 0.2) is 0 Å². The van der Waals surface area contributed by atoms with Crippen molar-refractivity contribution in [3.8, 4) is 0 Å². The van der Waals surface area contributed by atoms with Crippen LogP contribution in [0.25, 0.3) is 0 Å². The molecule has 0 saturated heterocycles. The van der Waals surface area contributed by atoms with Crippen LogP contribution in [0, 0.1) is 5.41 Å². The molecule has 0 aliphatic rings. The minimum absolute atomic E-state index is 0.0978. The molecule has 3 heteroatoms. The van der Waals surface area contributed by atoms with Gasteiger partial charge in [-0.15, -0.1) is 0 Å². The molecule has 0 spiro atoms. The van der Waals surface area contributed by atoms with Crippen molar-refractivity contribution in [2.75, 3.05) is 25.2 Å². The van der Waals surface area contributed by atoms with E-state index in [1.807, 2.05) is 13.2 Å². The van der Waals surface area contributed by atoms with E-state index in [1.165, 1.54) is 0 Å². The van der Waals surface area contributed by atoms with E-state index in [2.05, 4.69) is 0 Å². The van der Waals surface area contributed by atoms with Gasteiger partial charge in [-0.1, -0.05) is 6.92 Å².